The molecule has 1 nitrogen and oxygen atoms in total. The van der Waals surface area contributed by atoms with Gasteiger partial charge in [-0.05, 0) is 56.0 Å². The molecule has 1 aromatic carbocycles. The molecule has 1 aliphatic carbocycles. The van der Waals surface area contributed by atoms with Gasteiger partial charge in [-0.1, -0.05) is 44.2 Å². The Morgan fingerprint density at radius 2 is 1.94 bits per heavy atom. The quantitative estimate of drug-likeness (QED) is 0.729. The summed E-state index contributed by atoms with van der Waals surface area (Å²) in [6.07, 6.45) is 6.63. The number of hydrogen-bond acceptors (Lipinski definition) is 1. The van der Waals surface area contributed by atoms with Crippen molar-refractivity contribution >= 4 is 0 Å². The van der Waals surface area contributed by atoms with Gasteiger partial charge in [-0.3, -0.25) is 0 Å². The lowest BCUT2D eigenvalue weighted by Crippen LogP contribution is -2.36. The van der Waals surface area contributed by atoms with Crippen LogP contribution in [0.5, 0.6) is 0 Å². The molecule has 1 aliphatic rings. The first-order valence-corrected chi connectivity index (χ1v) is 7.58. The van der Waals surface area contributed by atoms with Gasteiger partial charge in [0, 0.05) is 6.04 Å². The Hall–Kier alpha value is -0.820. The number of benzene rings is 1. The van der Waals surface area contributed by atoms with Crippen molar-refractivity contribution in [3.8, 4) is 0 Å². The number of hydrogen-bond donors (Lipinski definition) is 1. The third kappa shape index (κ3) is 4.13. The molecule has 0 spiro atoms. The zero-order valence-corrected chi connectivity index (χ0v) is 11.9. The lowest BCUT2D eigenvalue weighted by molar-refractivity contribution is 0.325. The fraction of sp³-hybridized carbons (Fsp3) is 0.647. The molecule has 0 aromatic heterocycles. The minimum atomic E-state index is 0.706. The minimum absolute atomic E-state index is 0.706. The monoisotopic (exact) mass is 245 g/mol. The Labute approximate surface area is 112 Å². The van der Waals surface area contributed by atoms with Gasteiger partial charge in [0.1, 0.15) is 0 Å². The van der Waals surface area contributed by atoms with E-state index in [4.69, 9.17) is 0 Å². The van der Waals surface area contributed by atoms with E-state index in [0.29, 0.717) is 6.04 Å². The van der Waals surface area contributed by atoms with Gasteiger partial charge in [-0.25, -0.2) is 0 Å². The summed E-state index contributed by atoms with van der Waals surface area (Å²) in [6, 6.07) is 11.6. The van der Waals surface area contributed by atoms with Gasteiger partial charge in [0.05, 0.1) is 0 Å². The summed E-state index contributed by atoms with van der Waals surface area (Å²) >= 11 is 0. The van der Waals surface area contributed by atoms with Crippen molar-refractivity contribution in [2.75, 3.05) is 6.54 Å². The van der Waals surface area contributed by atoms with E-state index in [0.717, 1.165) is 18.4 Å². The standard InChI is InChI=1S/C17H27N/c1-3-13-18-17(14(2)16-10-11-16)12-9-15-7-5-4-6-8-15/h4-8,14,16-18H,3,9-13H2,1-2H3. The van der Waals surface area contributed by atoms with Crippen LogP contribution in [-0.4, -0.2) is 12.6 Å². The molecule has 1 heteroatoms. The van der Waals surface area contributed by atoms with Crippen molar-refractivity contribution in [1.82, 2.24) is 5.32 Å². The van der Waals surface area contributed by atoms with E-state index in [1.165, 1.54) is 37.7 Å². The first kappa shape index (κ1) is 13.6. The zero-order valence-electron chi connectivity index (χ0n) is 11.9. The van der Waals surface area contributed by atoms with E-state index < -0.39 is 0 Å². The van der Waals surface area contributed by atoms with E-state index in [1.807, 2.05) is 0 Å². The third-order valence-corrected chi connectivity index (χ3v) is 4.24. The van der Waals surface area contributed by atoms with Gasteiger partial charge in [-0.15, -0.1) is 0 Å². The molecule has 0 heterocycles. The van der Waals surface area contributed by atoms with Crippen LogP contribution in [0.4, 0.5) is 0 Å². The van der Waals surface area contributed by atoms with Crippen LogP contribution in [0.25, 0.3) is 0 Å². The predicted octanol–water partition coefficient (Wildman–Crippen LogP) is 4.03. The third-order valence-electron chi connectivity index (χ3n) is 4.24. The van der Waals surface area contributed by atoms with Crippen molar-refractivity contribution in [3.63, 3.8) is 0 Å². The average Bonchev–Trinajstić information content (AvgIpc) is 3.24. The Balaban J connectivity index is 1.84. The minimum Gasteiger partial charge on any atom is -0.314 e. The van der Waals surface area contributed by atoms with Crippen LogP contribution in [0.3, 0.4) is 0 Å². The second kappa shape index (κ2) is 6.94. The van der Waals surface area contributed by atoms with E-state index in [9.17, 15) is 0 Å². The Kier molecular flexibility index (Phi) is 5.25. The van der Waals surface area contributed by atoms with Gasteiger partial charge in [0.25, 0.3) is 0 Å². The maximum Gasteiger partial charge on any atom is 0.00984 e. The van der Waals surface area contributed by atoms with Crippen LogP contribution in [0.2, 0.25) is 0 Å². The maximum absolute atomic E-state index is 3.76. The molecule has 1 N–H and O–H groups in total. The molecule has 100 valence electrons. The maximum atomic E-state index is 3.76. The summed E-state index contributed by atoms with van der Waals surface area (Å²) in [4.78, 5) is 0. The van der Waals surface area contributed by atoms with Crippen LogP contribution in [-0.2, 0) is 6.42 Å². The molecule has 1 fully saturated rings. The molecule has 0 saturated heterocycles. The largest absolute Gasteiger partial charge is 0.314 e. The number of aryl methyl sites for hydroxylation is 1. The summed E-state index contributed by atoms with van der Waals surface area (Å²) in [5.41, 5.74) is 1.48. The second-order valence-electron chi connectivity index (χ2n) is 5.78. The van der Waals surface area contributed by atoms with Crippen LogP contribution in [0.1, 0.15) is 45.1 Å². The van der Waals surface area contributed by atoms with Crippen LogP contribution >= 0.6 is 0 Å². The highest BCUT2D eigenvalue weighted by molar-refractivity contribution is 5.14. The highest BCUT2D eigenvalue weighted by Gasteiger charge is 2.32. The summed E-state index contributed by atoms with van der Waals surface area (Å²) < 4.78 is 0. The van der Waals surface area contributed by atoms with Gasteiger partial charge in [-0.2, -0.15) is 0 Å². The molecule has 0 amide bonds. The van der Waals surface area contributed by atoms with Crippen molar-refractivity contribution in [1.29, 1.82) is 0 Å². The summed E-state index contributed by atoms with van der Waals surface area (Å²) in [6.45, 7) is 5.86. The zero-order chi connectivity index (χ0) is 12.8. The first-order valence-electron chi connectivity index (χ1n) is 7.58. The molecule has 18 heavy (non-hydrogen) atoms. The summed E-state index contributed by atoms with van der Waals surface area (Å²) in [5.74, 6) is 1.84. The predicted molar refractivity (Wildman–Crippen MR) is 78.7 cm³/mol. The van der Waals surface area contributed by atoms with E-state index in [2.05, 4.69) is 49.5 Å². The van der Waals surface area contributed by atoms with Crippen molar-refractivity contribution in [2.24, 2.45) is 11.8 Å². The van der Waals surface area contributed by atoms with Crippen LogP contribution in [0.15, 0.2) is 30.3 Å². The molecule has 2 unspecified atom stereocenters. The van der Waals surface area contributed by atoms with Crippen molar-refractivity contribution < 1.29 is 0 Å². The van der Waals surface area contributed by atoms with Crippen molar-refractivity contribution in [3.05, 3.63) is 35.9 Å². The molecule has 1 saturated carbocycles. The number of rotatable bonds is 8. The van der Waals surface area contributed by atoms with Gasteiger partial charge in [0.2, 0.25) is 0 Å². The van der Waals surface area contributed by atoms with E-state index in [-0.39, 0.29) is 0 Å². The molecule has 2 atom stereocenters. The highest BCUT2D eigenvalue weighted by atomic mass is 14.9. The Bertz CT molecular complexity index is 329. The Morgan fingerprint density at radius 1 is 1.22 bits per heavy atom. The lowest BCUT2D eigenvalue weighted by atomic mass is 9.91. The fourth-order valence-corrected chi connectivity index (χ4v) is 2.80. The average molecular weight is 245 g/mol. The SMILES string of the molecule is CCCNC(CCc1ccccc1)C(C)C1CC1. The molecule has 0 radical (unpaired) electrons. The van der Waals surface area contributed by atoms with Crippen LogP contribution in [0, 0.1) is 11.8 Å². The molecule has 0 aliphatic heterocycles. The molecular formula is C17H27N. The summed E-state index contributed by atoms with van der Waals surface area (Å²) in [7, 11) is 0. The van der Waals surface area contributed by atoms with Gasteiger partial charge >= 0.3 is 0 Å². The van der Waals surface area contributed by atoms with Crippen LogP contribution < -0.4 is 5.32 Å². The van der Waals surface area contributed by atoms with E-state index >= 15 is 0 Å². The number of nitrogens with one attached hydrogen (secondary N) is 1. The molecule has 1 aromatic rings. The van der Waals surface area contributed by atoms with Gasteiger partial charge < -0.3 is 5.32 Å². The van der Waals surface area contributed by atoms with Crippen molar-refractivity contribution in [2.45, 2.75) is 52.0 Å². The smallest absolute Gasteiger partial charge is 0.00984 e. The topological polar surface area (TPSA) is 12.0 Å². The highest BCUT2D eigenvalue weighted by Crippen LogP contribution is 2.39. The normalized spacial score (nSPS) is 18.6. The van der Waals surface area contributed by atoms with E-state index in [1.54, 1.807) is 0 Å². The first-order chi connectivity index (χ1) is 8.81. The molecular weight excluding hydrogens is 218 g/mol. The molecule has 0 bridgehead atoms. The molecule has 2 rings (SSSR count). The second-order valence-corrected chi connectivity index (χ2v) is 5.78. The Morgan fingerprint density at radius 3 is 2.56 bits per heavy atom. The fourth-order valence-electron chi connectivity index (χ4n) is 2.80. The van der Waals surface area contributed by atoms with Gasteiger partial charge in [0.15, 0.2) is 0 Å². The lowest BCUT2D eigenvalue weighted by Gasteiger charge is -2.25. The summed E-state index contributed by atoms with van der Waals surface area (Å²) in [5, 5.41) is 3.76.